The summed E-state index contributed by atoms with van der Waals surface area (Å²) in [7, 11) is 0. The zero-order valence-electron chi connectivity index (χ0n) is 12.2. The molecule has 106 valence electrons. The van der Waals surface area contributed by atoms with Gasteiger partial charge in [-0.1, -0.05) is 48.3 Å². The Morgan fingerprint density at radius 2 is 1.84 bits per heavy atom. The lowest BCUT2D eigenvalue weighted by atomic mass is 9.92. The van der Waals surface area contributed by atoms with E-state index in [9.17, 15) is 0 Å². The van der Waals surface area contributed by atoms with Crippen molar-refractivity contribution >= 4 is 15.9 Å². The first kappa shape index (κ1) is 15.1. The van der Waals surface area contributed by atoms with Gasteiger partial charge in [0, 0.05) is 10.5 Å². The Labute approximate surface area is 126 Å². The van der Waals surface area contributed by atoms with E-state index in [2.05, 4.69) is 59.4 Å². The molecule has 0 bridgehead atoms. The van der Waals surface area contributed by atoms with Gasteiger partial charge in [-0.2, -0.15) is 0 Å². The summed E-state index contributed by atoms with van der Waals surface area (Å²) < 4.78 is 1.17. The summed E-state index contributed by atoms with van der Waals surface area (Å²) in [5, 5.41) is 3.70. The van der Waals surface area contributed by atoms with Crippen LogP contribution in [0.3, 0.4) is 0 Å². The molecule has 0 heterocycles. The van der Waals surface area contributed by atoms with Gasteiger partial charge in [-0.15, -0.1) is 0 Å². The molecule has 0 amide bonds. The highest BCUT2D eigenvalue weighted by Gasteiger charge is 2.22. The molecule has 0 spiro atoms. The molecular weight excluding hydrogens is 298 g/mol. The van der Waals surface area contributed by atoms with Crippen LogP contribution < -0.4 is 5.32 Å². The third-order valence-corrected chi connectivity index (χ3v) is 4.39. The van der Waals surface area contributed by atoms with Gasteiger partial charge in [0.1, 0.15) is 0 Å². The van der Waals surface area contributed by atoms with E-state index in [0.717, 1.165) is 17.9 Å². The molecule has 1 aromatic carbocycles. The second kappa shape index (κ2) is 7.44. The molecule has 1 unspecified atom stereocenters. The smallest absolute Gasteiger partial charge is 0.0175 e. The summed E-state index contributed by atoms with van der Waals surface area (Å²) in [5.74, 6) is 1.59. The molecule has 1 aromatic rings. The van der Waals surface area contributed by atoms with E-state index in [-0.39, 0.29) is 0 Å². The van der Waals surface area contributed by atoms with Crippen molar-refractivity contribution in [1.82, 2.24) is 5.32 Å². The highest BCUT2D eigenvalue weighted by molar-refractivity contribution is 9.10. The van der Waals surface area contributed by atoms with E-state index in [4.69, 9.17) is 0 Å². The number of benzene rings is 1. The van der Waals surface area contributed by atoms with E-state index < -0.39 is 0 Å². The van der Waals surface area contributed by atoms with E-state index in [1.807, 2.05) is 0 Å². The van der Waals surface area contributed by atoms with Gasteiger partial charge in [0.15, 0.2) is 0 Å². The molecule has 2 heteroatoms. The summed E-state index contributed by atoms with van der Waals surface area (Å²) in [6, 6.07) is 9.64. The maximum absolute atomic E-state index is 3.70. The Morgan fingerprint density at radius 1 is 1.16 bits per heavy atom. The molecule has 1 saturated carbocycles. The minimum atomic E-state index is 0.782. The van der Waals surface area contributed by atoms with Crippen LogP contribution in [0.25, 0.3) is 0 Å². The van der Waals surface area contributed by atoms with Crippen LogP contribution in [-0.4, -0.2) is 12.6 Å². The summed E-state index contributed by atoms with van der Waals surface area (Å²) >= 11 is 3.51. The van der Waals surface area contributed by atoms with Crippen molar-refractivity contribution in [3.63, 3.8) is 0 Å². The van der Waals surface area contributed by atoms with Crippen molar-refractivity contribution in [2.45, 2.75) is 52.0 Å². The number of hydrogen-bond donors (Lipinski definition) is 1. The Kier molecular flexibility index (Phi) is 5.90. The third kappa shape index (κ3) is 6.09. The van der Waals surface area contributed by atoms with Gasteiger partial charge in [0.05, 0.1) is 0 Å². The van der Waals surface area contributed by atoms with Crippen molar-refractivity contribution in [2.24, 2.45) is 11.8 Å². The maximum atomic E-state index is 3.70. The summed E-state index contributed by atoms with van der Waals surface area (Å²) in [5.41, 5.74) is 1.47. The van der Waals surface area contributed by atoms with Gasteiger partial charge in [-0.3, -0.25) is 0 Å². The van der Waals surface area contributed by atoms with Crippen LogP contribution in [0.15, 0.2) is 28.7 Å². The van der Waals surface area contributed by atoms with Gasteiger partial charge in [0.25, 0.3) is 0 Å². The van der Waals surface area contributed by atoms with Crippen molar-refractivity contribution in [1.29, 1.82) is 0 Å². The minimum Gasteiger partial charge on any atom is -0.314 e. The fourth-order valence-electron chi connectivity index (χ4n) is 2.42. The summed E-state index contributed by atoms with van der Waals surface area (Å²) in [6.07, 6.45) is 6.66. The van der Waals surface area contributed by atoms with Gasteiger partial charge < -0.3 is 5.32 Å². The zero-order chi connectivity index (χ0) is 13.7. The first-order chi connectivity index (χ1) is 9.13. The molecule has 1 atom stereocenters. The molecule has 0 aromatic heterocycles. The highest BCUT2D eigenvalue weighted by Crippen LogP contribution is 2.22. The normalized spacial score (nSPS) is 16.8. The molecule has 1 N–H and O–H groups in total. The summed E-state index contributed by atoms with van der Waals surface area (Å²) in [4.78, 5) is 0. The number of hydrogen-bond acceptors (Lipinski definition) is 1. The molecule has 0 saturated heterocycles. The van der Waals surface area contributed by atoms with Gasteiger partial charge in [-0.25, -0.2) is 0 Å². The summed E-state index contributed by atoms with van der Waals surface area (Å²) in [6.45, 7) is 5.84. The number of halogens is 1. The predicted octanol–water partition coefficient (Wildman–Crippen LogP) is 4.80. The second-order valence-corrected chi connectivity index (χ2v) is 7.27. The first-order valence-corrected chi connectivity index (χ1v) is 8.40. The molecule has 19 heavy (non-hydrogen) atoms. The fourth-order valence-corrected chi connectivity index (χ4v) is 2.68. The molecule has 2 rings (SSSR count). The van der Waals surface area contributed by atoms with Crippen LogP contribution >= 0.6 is 15.9 Å². The number of rotatable bonds is 8. The lowest BCUT2D eigenvalue weighted by molar-refractivity contribution is 0.397. The van der Waals surface area contributed by atoms with Crippen LogP contribution in [0.5, 0.6) is 0 Å². The fraction of sp³-hybridized carbons (Fsp3) is 0.647. The third-order valence-electron chi connectivity index (χ3n) is 3.86. The van der Waals surface area contributed by atoms with Gasteiger partial charge in [0.2, 0.25) is 0 Å². The molecule has 0 aliphatic heterocycles. The van der Waals surface area contributed by atoms with E-state index in [1.165, 1.54) is 48.7 Å². The Hall–Kier alpha value is -0.340. The number of nitrogens with one attached hydrogen (secondary N) is 1. The zero-order valence-corrected chi connectivity index (χ0v) is 13.7. The molecule has 1 aliphatic rings. The lowest BCUT2D eigenvalue weighted by Crippen LogP contribution is -2.26. The highest BCUT2D eigenvalue weighted by atomic mass is 79.9. The van der Waals surface area contributed by atoms with Crippen LogP contribution in [0.4, 0.5) is 0 Å². The van der Waals surface area contributed by atoms with Gasteiger partial charge >= 0.3 is 0 Å². The van der Waals surface area contributed by atoms with Crippen molar-refractivity contribution in [3.05, 3.63) is 34.3 Å². The van der Waals surface area contributed by atoms with Crippen molar-refractivity contribution in [3.8, 4) is 0 Å². The molecule has 0 radical (unpaired) electrons. The van der Waals surface area contributed by atoms with Crippen LogP contribution in [0.2, 0.25) is 0 Å². The van der Waals surface area contributed by atoms with Crippen molar-refractivity contribution < 1.29 is 0 Å². The van der Waals surface area contributed by atoms with E-state index >= 15 is 0 Å². The molecule has 1 aliphatic carbocycles. The quantitative estimate of drug-likeness (QED) is 0.724. The minimum absolute atomic E-state index is 0.782. The average molecular weight is 324 g/mol. The van der Waals surface area contributed by atoms with E-state index in [1.54, 1.807) is 0 Å². The topological polar surface area (TPSA) is 12.0 Å². The SMILES string of the molecule is CC(C)CCC(CNC1CC1)Cc1ccc(Br)cc1. The monoisotopic (exact) mass is 323 g/mol. The van der Waals surface area contributed by atoms with Crippen molar-refractivity contribution in [2.75, 3.05) is 6.54 Å². The largest absolute Gasteiger partial charge is 0.314 e. The Bertz CT molecular complexity index is 361. The Balaban J connectivity index is 1.84. The second-order valence-electron chi connectivity index (χ2n) is 6.35. The van der Waals surface area contributed by atoms with Gasteiger partial charge in [-0.05, 0) is 61.8 Å². The van der Waals surface area contributed by atoms with Crippen LogP contribution in [0, 0.1) is 11.8 Å². The predicted molar refractivity (Wildman–Crippen MR) is 86.4 cm³/mol. The molecular formula is C17H26BrN. The van der Waals surface area contributed by atoms with Crippen LogP contribution in [0.1, 0.15) is 45.1 Å². The first-order valence-electron chi connectivity index (χ1n) is 7.61. The molecule has 1 nitrogen and oxygen atoms in total. The lowest BCUT2D eigenvalue weighted by Gasteiger charge is -2.19. The standard InChI is InChI=1S/C17H26BrN/c1-13(2)3-4-15(12-19-17-9-10-17)11-14-5-7-16(18)8-6-14/h5-8,13,15,17,19H,3-4,9-12H2,1-2H3. The maximum Gasteiger partial charge on any atom is 0.0175 e. The Morgan fingerprint density at radius 3 is 2.42 bits per heavy atom. The average Bonchev–Trinajstić information content (AvgIpc) is 3.19. The van der Waals surface area contributed by atoms with E-state index in [0.29, 0.717) is 0 Å². The molecule has 1 fully saturated rings. The van der Waals surface area contributed by atoms with Crippen LogP contribution in [-0.2, 0) is 6.42 Å².